The minimum atomic E-state index is -0.114. The molecule has 0 aliphatic carbocycles. The maximum absolute atomic E-state index is 6.11. The summed E-state index contributed by atoms with van der Waals surface area (Å²) in [6.07, 6.45) is 1.74. The fourth-order valence-electron chi connectivity index (χ4n) is 1.58. The normalized spacial score (nSPS) is 11.6. The Bertz CT molecular complexity index is 389. The molecule has 0 spiro atoms. The molecule has 1 atom stereocenters. The van der Waals surface area contributed by atoms with Crippen LogP contribution in [0.15, 0.2) is 12.6 Å². The van der Waals surface area contributed by atoms with Crippen molar-refractivity contribution in [3.8, 4) is 5.75 Å². The lowest BCUT2D eigenvalue weighted by atomic mass is 9.99. The fraction of sp³-hybridized carbons (Fsp3) is 0.333. The number of benzene rings is 1. The molecule has 0 bridgehead atoms. The van der Waals surface area contributed by atoms with E-state index in [2.05, 4.69) is 6.58 Å². The molecule has 1 unspecified atom stereocenters. The molecule has 0 amide bonds. The van der Waals surface area contributed by atoms with Gasteiger partial charge in [0.1, 0.15) is 5.75 Å². The molecule has 0 aliphatic heterocycles. The largest absolute Gasteiger partial charge is 0.496 e. The summed E-state index contributed by atoms with van der Waals surface area (Å²) in [5.74, 6) is 0.766. The van der Waals surface area contributed by atoms with Gasteiger partial charge in [-0.25, -0.2) is 0 Å². The molecule has 0 heterocycles. The van der Waals surface area contributed by atoms with E-state index in [9.17, 15) is 0 Å². The van der Waals surface area contributed by atoms with Crippen molar-refractivity contribution >= 4 is 30.1 Å². The lowest BCUT2D eigenvalue weighted by Gasteiger charge is -2.17. The third kappa shape index (κ3) is 2.70. The molecule has 0 radical (unpaired) electrons. The van der Waals surface area contributed by atoms with Gasteiger partial charge in [-0.1, -0.05) is 24.3 Å². The monoisotopic (exact) mass is 261 g/mol. The van der Waals surface area contributed by atoms with Gasteiger partial charge >= 0.3 is 0 Å². The van der Waals surface area contributed by atoms with Gasteiger partial charge in [-0.2, -0.15) is 0 Å². The van der Waals surface area contributed by atoms with Gasteiger partial charge in [0.15, 0.2) is 0 Å². The van der Waals surface area contributed by atoms with Crippen molar-refractivity contribution in [2.75, 3.05) is 7.11 Å². The van der Waals surface area contributed by atoms with Crippen molar-refractivity contribution in [3.05, 3.63) is 34.4 Å². The molecule has 1 rings (SSSR count). The number of nitrogens with two attached hydrogens (primary N) is 1. The van der Waals surface area contributed by atoms with E-state index in [1.165, 1.54) is 0 Å². The second-order valence-corrected chi connectivity index (χ2v) is 3.92. The van der Waals surface area contributed by atoms with Crippen molar-refractivity contribution in [1.29, 1.82) is 0 Å². The SMILES string of the molecule is C=Cc1c(C)c(Cl)cc(C(C)N)c1OC.Cl. The molecule has 2 N–H and O–H groups in total. The van der Waals surface area contributed by atoms with Gasteiger partial charge in [-0.15, -0.1) is 12.4 Å². The summed E-state index contributed by atoms with van der Waals surface area (Å²) >= 11 is 6.11. The number of methoxy groups -OCH3 is 1. The van der Waals surface area contributed by atoms with Crippen LogP contribution < -0.4 is 10.5 Å². The number of hydrogen-bond donors (Lipinski definition) is 1. The molecule has 0 fully saturated rings. The molecule has 16 heavy (non-hydrogen) atoms. The second-order valence-electron chi connectivity index (χ2n) is 3.51. The predicted molar refractivity (Wildman–Crippen MR) is 72.7 cm³/mol. The summed E-state index contributed by atoms with van der Waals surface area (Å²) in [4.78, 5) is 0. The molecular formula is C12H17Cl2NO. The van der Waals surface area contributed by atoms with Crippen molar-refractivity contribution in [1.82, 2.24) is 0 Å². The average Bonchev–Trinajstić information content (AvgIpc) is 2.20. The highest BCUT2D eigenvalue weighted by Gasteiger charge is 2.15. The van der Waals surface area contributed by atoms with Gasteiger partial charge in [-0.05, 0) is 25.5 Å². The number of rotatable bonds is 3. The zero-order chi connectivity index (χ0) is 11.6. The lowest BCUT2D eigenvalue weighted by Crippen LogP contribution is -2.08. The Morgan fingerprint density at radius 1 is 1.56 bits per heavy atom. The summed E-state index contributed by atoms with van der Waals surface area (Å²) in [7, 11) is 1.63. The van der Waals surface area contributed by atoms with Crippen molar-refractivity contribution < 1.29 is 4.74 Å². The van der Waals surface area contributed by atoms with E-state index < -0.39 is 0 Å². The highest BCUT2D eigenvalue weighted by molar-refractivity contribution is 6.31. The van der Waals surface area contributed by atoms with Crippen LogP contribution in [0.2, 0.25) is 5.02 Å². The maximum atomic E-state index is 6.11. The zero-order valence-electron chi connectivity index (χ0n) is 9.71. The van der Waals surface area contributed by atoms with E-state index in [0.29, 0.717) is 5.02 Å². The highest BCUT2D eigenvalue weighted by atomic mass is 35.5. The Morgan fingerprint density at radius 2 is 2.12 bits per heavy atom. The van der Waals surface area contributed by atoms with E-state index in [-0.39, 0.29) is 18.4 Å². The zero-order valence-corrected chi connectivity index (χ0v) is 11.3. The van der Waals surface area contributed by atoms with Crippen molar-refractivity contribution in [2.45, 2.75) is 19.9 Å². The standard InChI is InChI=1S/C12H16ClNO.ClH/c1-5-9-7(2)11(13)6-10(8(3)14)12(9)15-4;/h5-6,8H,1,14H2,2-4H3;1H. The Balaban J connectivity index is 0.00000225. The molecule has 0 aliphatic rings. The van der Waals surface area contributed by atoms with Crippen LogP contribution in [0.1, 0.15) is 29.7 Å². The molecule has 4 heteroatoms. The summed E-state index contributed by atoms with van der Waals surface area (Å²) in [6, 6.07) is 1.74. The maximum Gasteiger partial charge on any atom is 0.131 e. The first-order valence-electron chi connectivity index (χ1n) is 4.77. The van der Waals surface area contributed by atoms with E-state index in [1.807, 2.05) is 19.9 Å². The van der Waals surface area contributed by atoms with Crippen LogP contribution in [0.5, 0.6) is 5.75 Å². The Hall–Kier alpha value is -0.700. The molecular weight excluding hydrogens is 245 g/mol. The quantitative estimate of drug-likeness (QED) is 0.900. The lowest BCUT2D eigenvalue weighted by molar-refractivity contribution is 0.405. The van der Waals surface area contributed by atoms with Gasteiger partial charge in [0.25, 0.3) is 0 Å². The fourth-order valence-corrected chi connectivity index (χ4v) is 1.80. The average molecular weight is 262 g/mol. The predicted octanol–water partition coefficient (Wildman–Crippen LogP) is 3.74. The second kappa shape index (κ2) is 6.14. The first-order valence-corrected chi connectivity index (χ1v) is 5.15. The molecule has 2 nitrogen and oxygen atoms in total. The first kappa shape index (κ1) is 15.3. The van der Waals surface area contributed by atoms with Crippen molar-refractivity contribution in [2.24, 2.45) is 5.73 Å². The Labute approximate surface area is 108 Å². The van der Waals surface area contributed by atoms with Crippen LogP contribution in [-0.2, 0) is 0 Å². The summed E-state index contributed by atoms with van der Waals surface area (Å²) < 4.78 is 5.35. The van der Waals surface area contributed by atoms with E-state index in [0.717, 1.165) is 22.4 Å². The molecule has 0 saturated heterocycles. The summed E-state index contributed by atoms with van der Waals surface area (Å²) in [5, 5.41) is 0.693. The summed E-state index contributed by atoms with van der Waals surface area (Å²) in [5.41, 5.74) is 8.65. The summed E-state index contributed by atoms with van der Waals surface area (Å²) in [6.45, 7) is 7.60. The van der Waals surface area contributed by atoms with Gasteiger partial charge in [0.2, 0.25) is 0 Å². The van der Waals surface area contributed by atoms with E-state index in [1.54, 1.807) is 13.2 Å². The number of ether oxygens (including phenoxy) is 1. The van der Waals surface area contributed by atoms with Gasteiger partial charge in [-0.3, -0.25) is 0 Å². The number of halogens is 2. The first-order chi connectivity index (χ1) is 7.02. The van der Waals surface area contributed by atoms with E-state index in [4.69, 9.17) is 22.1 Å². The van der Waals surface area contributed by atoms with Crippen LogP contribution in [0.4, 0.5) is 0 Å². The van der Waals surface area contributed by atoms with Crippen LogP contribution in [0.3, 0.4) is 0 Å². The molecule has 0 saturated carbocycles. The highest BCUT2D eigenvalue weighted by Crippen LogP contribution is 2.35. The van der Waals surface area contributed by atoms with Gasteiger partial charge in [0, 0.05) is 22.2 Å². The molecule has 0 aromatic heterocycles. The van der Waals surface area contributed by atoms with E-state index >= 15 is 0 Å². The van der Waals surface area contributed by atoms with Crippen molar-refractivity contribution in [3.63, 3.8) is 0 Å². The third-order valence-electron chi connectivity index (χ3n) is 2.45. The van der Waals surface area contributed by atoms with Crippen LogP contribution in [0.25, 0.3) is 6.08 Å². The third-order valence-corrected chi connectivity index (χ3v) is 2.84. The van der Waals surface area contributed by atoms with Crippen LogP contribution in [0, 0.1) is 6.92 Å². The molecule has 1 aromatic rings. The van der Waals surface area contributed by atoms with Gasteiger partial charge < -0.3 is 10.5 Å². The molecule has 90 valence electrons. The minimum absolute atomic E-state index is 0. The smallest absolute Gasteiger partial charge is 0.131 e. The molecule has 1 aromatic carbocycles. The Kier molecular flexibility index (Phi) is 5.87. The Morgan fingerprint density at radius 3 is 2.50 bits per heavy atom. The topological polar surface area (TPSA) is 35.2 Å². The van der Waals surface area contributed by atoms with Crippen LogP contribution in [-0.4, -0.2) is 7.11 Å². The van der Waals surface area contributed by atoms with Gasteiger partial charge in [0.05, 0.1) is 7.11 Å². The minimum Gasteiger partial charge on any atom is -0.496 e. The van der Waals surface area contributed by atoms with Crippen LogP contribution >= 0.6 is 24.0 Å². The number of hydrogen-bond acceptors (Lipinski definition) is 2.